The topological polar surface area (TPSA) is 38.9 Å². The van der Waals surface area contributed by atoms with Crippen LogP contribution in [0.4, 0.5) is 0 Å². The first kappa shape index (κ1) is 12.2. The molecule has 1 unspecified atom stereocenters. The fourth-order valence-electron chi connectivity index (χ4n) is 2.09. The van der Waals surface area contributed by atoms with Crippen LogP contribution in [0, 0.1) is 5.92 Å². The van der Waals surface area contributed by atoms with E-state index in [-0.39, 0.29) is 6.04 Å². The molecular formula is C13H22N2. The van der Waals surface area contributed by atoms with Crippen LogP contribution in [0.25, 0.3) is 0 Å². The van der Waals surface area contributed by atoms with Crippen LogP contribution in [0.15, 0.2) is 24.5 Å². The van der Waals surface area contributed by atoms with Gasteiger partial charge in [0, 0.05) is 18.4 Å². The first-order valence-electron chi connectivity index (χ1n) is 5.95. The van der Waals surface area contributed by atoms with Gasteiger partial charge in [0.15, 0.2) is 0 Å². The summed E-state index contributed by atoms with van der Waals surface area (Å²) in [4.78, 5) is 4.13. The number of hydrogen-bond acceptors (Lipinski definition) is 2. The van der Waals surface area contributed by atoms with E-state index in [0.29, 0.717) is 5.92 Å². The van der Waals surface area contributed by atoms with E-state index >= 15 is 0 Å². The molecule has 1 heterocycles. The van der Waals surface area contributed by atoms with Crippen LogP contribution in [0.3, 0.4) is 0 Å². The van der Waals surface area contributed by atoms with Crippen LogP contribution >= 0.6 is 0 Å². The largest absolute Gasteiger partial charge is 0.324 e. The molecule has 0 fully saturated rings. The van der Waals surface area contributed by atoms with Crippen molar-refractivity contribution in [1.29, 1.82) is 0 Å². The third-order valence-electron chi connectivity index (χ3n) is 2.90. The molecule has 1 atom stereocenters. The van der Waals surface area contributed by atoms with Crippen LogP contribution in [0.1, 0.15) is 51.1 Å². The van der Waals surface area contributed by atoms with Crippen LogP contribution in [0.5, 0.6) is 0 Å². The standard InChI is InChI=1S/C13H22N2/c1-3-6-11(7-4-2)13(14)12-8-5-9-15-10-12/h5,8-11,13H,3-4,6-7,14H2,1-2H3. The second-order valence-electron chi connectivity index (χ2n) is 4.15. The summed E-state index contributed by atoms with van der Waals surface area (Å²) in [7, 11) is 0. The van der Waals surface area contributed by atoms with Crippen molar-refractivity contribution in [3.63, 3.8) is 0 Å². The monoisotopic (exact) mass is 206 g/mol. The van der Waals surface area contributed by atoms with Crippen molar-refractivity contribution < 1.29 is 0 Å². The molecule has 0 spiro atoms. The van der Waals surface area contributed by atoms with Crippen molar-refractivity contribution in [2.24, 2.45) is 11.7 Å². The highest BCUT2D eigenvalue weighted by Crippen LogP contribution is 2.26. The van der Waals surface area contributed by atoms with Crippen molar-refractivity contribution >= 4 is 0 Å². The number of hydrogen-bond donors (Lipinski definition) is 1. The Bertz CT molecular complexity index is 252. The molecule has 0 saturated carbocycles. The van der Waals surface area contributed by atoms with Gasteiger partial charge in [-0.2, -0.15) is 0 Å². The smallest absolute Gasteiger partial charge is 0.0338 e. The average Bonchev–Trinajstić information content (AvgIpc) is 2.29. The highest BCUT2D eigenvalue weighted by atomic mass is 14.7. The molecule has 2 N–H and O–H groups in total. The molecule has 0 aliphatic rings. The summed E-state index contributed by atoms with van der Waals surface area (Å²) in [5, 5.41) is 0. The van der Waals surface area contributed by atoms with E-state index in [4.69, 9.17) is 5.73 Å². The van der Waals surface area contributed by atoms with E-state index in [0.717, 1.165) is 0 Å². The van der Waals surface area contributed by atoms with Gasteiger partial charge >= 0.3 is 0 Å². The summed E-state index contributed by atoms with van der Waals surface area (Å²) in [6.45, 7) is 4.44. The molecule has 15 heavy (non-hydrogen) atoms. The minimum atomic E-state index is 0.151. The fourth-order valence-corrected chi connectivity index (χ4v) is 2.09. The Labute approximate surface area is 92.9 Å². The van der Waals surface area contributed by atoms with E-state index in [2.05, 4.69) is 24.9 Å². The van der Waals surface area contributed by atoms with Gasteiger partial charge in [0.1, 0.15) is 0 Å². The van der Waals surface area contributed by atoms with Gasteiger partial charge in [-0.25, -0.2) is 0 Å². The molecule has 0 aliphatic heterocycles. The lowest BCUT2D eigenvalue weighted by Gasteiger charge is -2.23. The number of nitrogens with two attached hydrogens (primary N) is 1. The second-order valence-corrected chi connectivity index (χ2v) is 4.15. The average molecular weight is 206 g/mol. The van der Waals surface area contributed by atoms with Crippen molar-refractivity contribution in [2.45, 2.75) is 45.6 Å². The molecule has 0 aromatic carbocycles. The maximum absolute atomic E-state index is 6.27. The van der Waals surface area contributed by atoms with Crippen LogP contribution in [0.2, 0.25) is 0 Å². The predicted octanol–water partition coefficient (Wildman–Crippen LogP) is 3.30. The molecule has 0 saturated heterocycles. The van der Waals surface area contributed by atoms with E-state index in [1.165, 1.54) is 31.2 Å². The van der Waals surface area contributed by atoms with Gasteiger partial charge in [-0.15, -0.1) is 0 Å². The Morgan fingerprint density at radius 2 is 1.93 bits per heavy atom. The van der Waals surface area contributed by atoms with E-state index < -0.39 is 0 Å². The minimum Gasteiger partial charge on any atom is -0.324 e. The predicted molar refractivity (Wildman–Crippen MR) is 64.5 cm³/mol. The van der Waals surface area contributed by atoms with Gasteiger partial charge in [0.2, 0.25) is 0 Å². The van der Waals surface area contributed by atoms with Crippen molar-refractivity contribution in [2.75, 3.05) is 0 Å². The molecule has 0 aliphatic carbocycles. The molecule has 1 rings (SSSR count). The second kappa shape index (κ2) is 6.57. The molecule has 1 aromatic heterocycles. The quantitative estimate of drug-likeness (QED) is 0.775. The van der Waals surface area contributed by atoms with Gasteiger partial charge in [-0.05, 0) is 30.4 Å². The Morgan fingerprint density at radius 3 is 2.40 bits per heavy atom. The Balaban J connectivity index is 2.67. The first-order chi connectivity index (χ1) is 7.29. The fraction of sp³-hybridized carbons (Fsp3) is 0.615. The van der Waals surface area contributed by atoms with Crippen LogP contribution in [-0.4, -0.2) is 4.98 Å². The lowest BCUT2D eigenvalue weighted by molar-refractivity contribution is 0.368. The highest BCUT2D eigenvalue weighted by Gasteiger charge is 2.17. The van der Waals surface area contributed by atoms with Gasteiger partial charge in [-0.3, -0.25) is 4.98 Å². The van der Waals surface area contributed by atoms with Crippen LogP contribution in [-0.2, 0) is 0 Å². The summed E-state index contributed by atoms with van der Waals surface area (Å²) < 4.78 is 0. The van der Waals surface area contributed by atoms with Gasteiger partial charge < -0.3 is 5.73 Å². The van der Waals surface area contributed by atoms with Crippen molar-refractivity contribution in [1.82, 2.24) is 4.98 Å². The summed E-state index contributed by atoms with van der Waals surface area (Å²) >= 11 is 0. The first-order valence-corrected chi connectivity index (χ1v) is 5.95. The molecule has 0 bridgehead atoms. The third kappa shape index (κ3) is 3.63. The maximum atomic E-state index is 6.27. The normalized spacial score (nSPS) is 13.1. The van der Waals surface area contributed by atoms with Gasteiger partial charge in [-0.1, -0.05) is 32.8 Å². The SMILES string of the molecule is CCCC(CCC)C(N)c1cccnc1. The van der Waals surface area contributed by atoms with Crippen molar-refractivity contribution in [3.05, 3.63) is 30.1 Å². The maximum Gasteiger partial charge on any atom is 0.0338 e. The summed E-state index contributed by atoms with van der Waals surface area (Å²) in [6, 6.07) is 4.19. The van der Waals surface area contributed by atoms with Gasteiger partial charge in [0.25, 0.3) is 0 Å². The van der Waals surface area contributed by atoms with E-state index in [1.54, 1.807) is 6.20 Å². The minimum absolute atomic E-state index is 0.151. The summed E-state index contributed by atoms with van der Waals surface area (Å²) in [5.74, 6) is 0.601. The lowest BCUT2D eigenvalue weighted by atomic mass is 9.87. The van der Waals surface area contributed by atoms with E-state index in [1.807, 2.05) is 12.3 Å². The van der Waals surface area contributed by atoms with Crippen LogP contribution < -0.4 is 5.73 Å². The molecule has 0 radical (unpaired) electrons. The zero-order valence-corrected chi connectivity index (χ0v) is 9.82. The Kier molecular flexibility index (Phi) is 5.33. The summed E-state index contributed by atoms with van der Waals surface area (Å²) in [5.41, 5.74) is 7.44. The highest BCUT2D eigenvalue weighted by molar-refractivity contribution is 5.14. The third-order valence-corrected chi connectivity index (χ3v) is 2.90. The number of aromatic nitrogens is 1. The molecule has 84 valence electrons. The zero-order valence-electron chi connectivity index (χ0n) is 9.82. The van der Waals surface area contributed by atoms with E-state index in [9.17, 15) is 0 Å². The number of nitrogens with zero attached hydrogens (tertiary/aromatic N) is 1. The van der Waals surface area contributed by atoms with Gasteiger partial charge in [0.05, 0.1) is 0 Å². The zero-order chi connectivity index (χ0) is 11.1. The Morgan fingerprint density at radius 1 is 1.27 bits per heavy atom. The molecular weight excluding hydrogens is 184 g/mol. The number of pyridine rings is 1. The molecule has 0 amide bonds. The molecule has 2 heteroatoms. The molecule has 1 aromatic rings. The van der Waals surface area contributed by atoms with Crippen molar-refractivity contribution in [3.8, 4) is 0 Å². The molecule has 2 nitrogen and oxygen atoms in total. The summed E-state index contributed by atoms with van der Waals surface area (Å²) in [6.07, 6.45) is 8.53. The lowest BCUT2D eigenvalue weighted by Crippen LogP contribution is -2.21. The number of rotatable bonds is 6. The Hall–Kier alpha value is -0.890.